The summed E-state index contributed by atoms with van der Waals surface area (Å²) < 4.78 is 0. The van der Waals surface area contributed by atoms with Gasteiger partial charge >= 0.3 is 0 Å². The lowest BCUT2D eigenvalue weighted by molar-refractivity contribution is 0.0945. The monoisotopic (exact) mass is 394 g/mol. The van der Waals surface area contributed by atoms with Crippen molar-refractivity contribution in [3.05, 3.63) is 94.5 Å². The van der Waals surface area contributed by atoms with Gasteiger partial charge in [-0.05, 0) is 48.4 Å². The standard InChI is InChI=1S/C21H19ClN4O2/c22-17-5-3-4-15(12-17)7-10-25-20(27)16-8-11-24-19(13-16)21(28)26-14-18-6-1-2-9-23-18/h1-6,8-9,11-13H,7,10,14H2,(H,25,27)(H,26,28). The van der Waals surface area contributed by atoms with Crippen LogP contribution in [0.4, 0.5) is 0 Å². The number of nitrogens with zero attached hydrogens (tertiary/aromatic N) is 2. The van der Waals surface area contributed by atoms with E-state index in [1.54, 1.807) is 24.4 Å². The fourth-order valence-corrected chi connectivity index (χ4v) is 2.79. The number of carbonyl (C=O) groups is 2. The summed E-state index contributed by atoms with van der Waals surface area (Å²) in [6, 6.07) is 16.0. The average molecular weight is 395 g/mol. The summed E-state index contributed by atoms with van der Waals surface area (Å²) in [6.45, 7) is 0.750. The molecule has 1 aromatic carbocycles. The van der Waals surface area contributed by atoms with Crippen LogP contribution < -0.4 is 10.6 Å². The van der Waals surface area contributed by atoms with Crippen LogP contribution in [-0.4, -0.2) is 28.3 Å². The number of rotatable bonds is 7. The Labute approximate surface area is 168 Å². The predicted molar refractivity (Wildman–Crippen MR) is 107 cm³/mol. The van der Waals surface area contributed by atoms with Crippen LogP contribution in [0.1, 0.15) is 32.1 Å². The number of pyridine rings is 2. The highest BCUT2D eigenvalue weighted by molar-refractivity contribution is 6.30. The van der Waals surface area contributed by atoms with Crippen molar-refractivity contribution in [1.82, 2.24) is 20.6 Å². The van der Waals surface area contributed by atoms with E-state index < -0.39 is 0 Å². The van der Waals surface area contributed by atoms with Crippen LogP contribution in [0.5, 0.6) is 0 Å². The zero-order valence-electron chi connectivity index (χ0n) is 15.1. The van der Waals surface area contributed by atoms with E-state index in [0.29, 0.717) is 23.6 Å². The molecule has 7 heteroatoms. The Hall–Kier alpha value is -3.25. The number of halogens is 1. The van der Waals surface area contributed by atoms with E-state index >= 15 is 0 Å². The summed E-state index contributed by atoms with van der Waals surface area (Å²) in [5, 5.41) is 6.25. The van der Waals surface area contributed by atoms with E-state index in [1.807, 2.05) is 30.3 Å². The summed E-state index contributed by atoms with van der Waals surface area (Å²) in [5.74, 6) is -0.623. The normalized spacial score (nSPS) is 10.3. The Morgan fingerprint density at radius 1 is 0.893 bits per heavy atom. The molecule has 2 heterocycles. The van der Waals surface area contributed by atoms with E-state index in [4.69, 9.17) is 11.6 Å². The SMILES string of the molecule is O=C(NCCc1cccc(Cl)c1)c1ccnc(C(=O)NCc2ccccn2)c1. The minimum atomic E-state index is -0.362. The molecule has 0 radical (unpaired) electrons. The molecule has 0 aliphatic heterocycles. The molecule has 0 bridgehead atoms. The quantitative estimate of drug-likeness (QED) is 0.645. The van der Waals surface area contributed by atoms with Crippen molar-refractivity contribution >= 4 is 23.4 Å². The molecule has 3 aromatic rings. The molecule has 0 aliphatic rings. The first-order chi connectivity index (χ1) is 13.6. The van der Waals surface area contributed by atoms with Crippen molar-refractivity contribution in [3.8, 4) is 0 Å². The topological polar surface area (TPSA) is 84.0 Å². The van der Waals surface area contributed by atoms with Crippen molar-refractivity contribution in [2.45, 2.75) is 13.0 Å². The van der Waals surface area contributed by atoms with Gasteiger partial charge < -0.3 is 10.6 Å². The summed E-state index contributed by atoms with van der Waals surface area (Å²) in [5.41, 5.74) is 2.34. The Morgan fingerprint density at radius 2 is 1.79 bits per heavy atom. The molecule has 142 valence electrons. The maximum absolute atomic E-state index is 12.3. The lowest BCUT2D eigenvalue weighted by Gasteiger charge is -2.08. The van der Waals surface area contributed by atoms with Crippen LogP contribution >= 0.6 is 11.6 Å². The Kier molecular flexibility index (Phi) is 6.70. The second-order valence-electron chi connectivity index (χ2n) is 6.07. The molecule has 28 heavy (non-hydrogen) atoms. The molecular weight excluding hydrogens is 376 g/mol. The highest BCUT2D eigenvalue weighted by Gasteiger charge is 2.12. The summed E-state index contributed by atoms with van der Waals surface area (Å²) in [4.78, 5) is 32.8. The molecule has 0 spiro atoms. The van der Waals surface area contributed by atoms with Gasteiger partial charge in [0, 0.05) is 29.5 Å². The summed E-state index contributed by atoms with van der Waals surface area (Å²) in [6.07, 6.45) is 3.77. The highest BCUT2D eigenvalue weighted by Crippen LogP contribution is 2.11. The number of hydrogen-bond donors (Lipinski definition) is 2. The minimum Gasteiger partial charge on any atom is -0.352 e. The van der Waals surface area contributed by atoms with Gasteiger partial charge in [-0.1, -0.05) is 29.8 Å². The molecule has 2 N–H and O–H groups in total. The molecule has 2 aromatic heterocycles. The average Bonchev–Trinajstić information content (AvgIpc) is 2.73. The highest BCUT2D eigenvalue weighted by atomic mass is 35.5. The smallest absolute Gasteiger partial charge is 0.270 e. The molecule has 3 rings (SSSR count). The van der Waals surface area contributed by atoms with Crippen LogP contribution in [-0.2, 0) is 13.0 Å². The van der Waals surface area contributed by atoms with Gasteiger partial charge in [0.05, 0.1) is 12.2 Å². The van der Waals surface area contributed by atoms with Crippen molar-refractivity contribution in [1.29, 1.82) is 0 Å². The molecule has 6 nitrogen and oxygen atoms in total. The van der Waals surface area contributed by atoms with Crippen molar-refractivity contribution in [2.75, 3.05) is 6.54 Å². The molecule has 0 atom stereocenters. The third kappa shape index (κ3) is 5.62. The number of hydrogen-bond acceptors (Lipinski definition) is 4. The minimum absolute atomic E-state index is 0.179. The number of carbonyl (C=O) groups excluding carboxylic acids is 2. The molecule has 0 saturated carbocycles. The van der Waals surface area contributed by atoms with Gasteiger partial charge in [0.25, 0.3) is 11.8 Å². The zero-order valence-corrected chi connectivity index (χ0v) is 15.8. The first-order valence-corrected chi connectivity index (χ1v) is 9.16. The number of amides is 2. The van der Waals surface area contributed by atoms with Crippen LogP contribution in [0, 0.1) is 0 Å². The fourth-order valence-electron chi connectivity index (χ4n) is 2.57. The Morgan fingerprint density at radius 3 is 2.57 bits per heavy atom. The van der Waals surface area contributed by atoms with Crippen molar-refractivity contribution in [2.24, 2.45) is 0 Å². The molecule has 0 aliphatic carbocycles. The second kappa shape index (κ2) is 9.62. The molecule has 0 fully saturated rings. The lowest BCUT2D eigenvalue weighted by atomic mass is 10.1. The Bertz CT molecular complexity index is 963. The maximum Gasteiger partial charge on any atom is 0.270 e. The van der Waals surface area contributed by atoms with Gasteiger partial charge in [-0.15, -0.1) is 0 Å². The molecule has 0 unspecified atom stereocenters. The van der Waals surface area contributed by atoms with Crippen LogP contribution in [0.2, 0.25) is 5.02 Å². The number of nitrogens with one attached hydrogen (secondary N) is 2. The van der Waals surface area contributed by atoms with E-state index in [2.05, 4.69) is 20.6 Å². The van der Waals surface area contributed by atoms with Crippen LogP contribution in [0.15, 0.2) is 67.0 Å². The predicted octanol–water partition coefficient (Wildman–Crippen LogP) is 3.03. The van der Waals surface area contributed by atoms with E-state index in [-0.39, 0.29) is 24.1 Å². The number of benzene rings is 1. The summed E-state index contributed by atoms with van der Waals surface area (Å²) >= 11 is 5.96. The van der Waals surface area contributed by atoms with Gasteiger partial charge in [-0.3, -0.25) is 19.6 Å². The first kappa shape index (κ1) is 19.5. The number of aromatic nitrogens is 2. The van der Waals surface area contributed by atoms with Gasteiger partial charge in [0.15, 0.2) is 0 Å². The molecule has 0 saturated heterocycles. The van der Waals surface area contributed by atoms with Crippen LogP contribution in [0.25, 0.3) is 0 Å². The second-order valence-corrected chi connectivity index (χ2v) is 6.51. The van der Waals surface area contributed by atoms with Crippen LogP contribution in [0.3, 0.4) is 0 Å². The van der Waals surface area contributed by atoms with Gasteiger partial charge in [0.1, 0.15) is 5.69 Å². The molecular formula is C21H19ClN4O2. The maximum atomic E-state index is 12.3. The van der Waals surface area contributed by atoms with E-state index in [9.17, 15) is 9.59 Å². The Balaban J connectivity index is 1.54. The first-order valence-electron chi connectivity index (χ1n) is 8.78. The fraction of sp³-hybridized carbons (Fsp3) is 0.143. The summed E-state index contributed by atoms with van der Waals surface area (Å²) in [7, 11) is 0. The third-order valence-electron chi connectivity index (χ3n) is 4.00. The largest absolute Gasteiger partial charge is 0.352 e. The van der Waals surface area contributed by atoms with Crippen molar-refractivity contribution < 1.29 is 9.59 Å². The third-order valence-corrected chi connectivity index (χ3v) is 4.23. The lowest BCUT2D eigenvalue weighted by Crippen LogP contribution is -2.27. The van der Waals surface area contributed by atoms with E-state index in [1.165, 1.54) is 12.3 Å². The zero-order chi connectivity index (χ0) is 19.8. The van der Waals surface area contributed by atoms with Gasteiger partial charge in [-0.2, -0.15) is 0 Å². The van der Waals surface area contributed by atoms with Gasteiger partial charge in [-0.25, -0.2) is 0 Å². The van der Waals surface area contributed by atoms with Gasteiger partial charge in [0.2, 0.25) is 0 Å². The molecule has 2 amide bonds. The van der Waals surface area contributed by atoms with E-state index in [0.717, 1.165) is 11.3 Å². The van der Waals surface area contributed by atoms with Crippen molar-refractivity contribution in [3.63, 3.8) is 0 Å².